The fraction of sp³-hybridized carbons (Fsp3) is 0.286. The molecule has 0 aromatic heterocycles. The molecule has 138 valence electrons. The lowest BCUT2D eigenvalue weighted by molar-refractivity contribution is 0.0879. The number of imide groups is 1. The van der Waals surface area contributed by atoms with Crippen molar-refractivity contribution >= 4 is 23.5 Å². The Hall–Kier alpha value is -3.15. The molecule has 0 aliphatic carbocycles. The van der Waals surface area contributed by atoms with Gasteiger partial charge in [-0.2, -0.15) is 0 Å². The predicted octanol–water partition coefficient (Wildman–Crippen LogP) is 3.23. The highest BCUT2D eigenvalue weighted by Crippen LogP contribution is 2.42. The van der Waals surface area contributed by atoms with Crippen LogP contribution in [0, 0.1) is 5.41 Å². The van der Waals surface area contributed by atoms with E-state index in [0.717, 1.165) is 0 Å². The summed E-state index contributed by atoms with van der Waals surface area (Å²) < 4.78 is 0. The van der Waals surface area contributed by atoms with E-state index in [-0.39, 0.29) is 17.4 Å². The molecule has 1 saturated heterocycles. The Morgan fingerprint density at radius 1 is 1.07 bits per heavy atom. The van der Waals surface area contributed by atoms with E-state index in [0.29, 0.717) is 29.9 Å². The van der Waals surface area contributed by atoms with Crippen LogP contribution >= 0.6 is 0 Å². The third kappa shape index (κ3) is 3.07. The Labute approximate surface area is 157 Å². The van der Waals surface area contributed by atoms with Crippen molar-refractivity contribution in [3.05, 3.63) is 65.2 Å². The molecule has 2 aliphatic rings. The van der Waals surface area contributed by atoms with Gasteiger partial charge in [0, 0.05) is 24.7 Å². The van der Waals surface area contributed by atoms with E-state index in [4.69, 9.17) is 0 Å². The smallest absolute Gasteiger partial charge is 0.321 e. The molecule has 2 N–H and O–H groups in total. The summed E-state index contributed by atoms with van der Waals surface area (Å²) >= 11 is 0. The van der Waals surface area contributed by atoms with E-state index >= 15 is 0 Å². The van der Waals surface area contributed by atoms with Crippen molar-refractivity contribution in [2.45, 2.75) is 19.8 Å². The Morgan fingerprint density at radius 3 is 2.52 bits per heavy atom. The topological polar surface area (TPSA) is 78.5 Å². The summed E-state index contributed by atoms with van der Waals surface area (Å²) in [4.78, 5) is 38.0. The third-order valence-electron chi connectivity index (χ3n) is 5.42. The highest BCUT2D eigenvalue weighted by Gasteiger charge is 2.42. The molecule has 2 heterocycles. The van der Waals surface area contributed by atoms with Crippen molar-refractivity contribution in [1.82, 2.24) is 10.2 Å². The van der Waals surface area contributed by atoms with Crippen LogP contribution in [0.5, 0.6) is 0 Å². The predicted molar refractivity (Wildman–Crippen MR) is 102 cm³/mol. The summed E-state index contributed by atoms with van der Waals surface area (Å²) in [6.07, 6.45) is 0. The van der Waals surface area contributed by atoms with Crippen molar-refractivity contribution in [2.24, 2.45) is 5.41 Å². The fourth-order valence-corrected chi connectivity index (χ4v) is 3.98. The minimum absolute atomic E-state index is 0.0388. The Kier molecular flexibility index (Phi) is 3.98. The number of rotatable bonds is 2. The summed E-state index contributed by atoms with van der Waals surface area (Å²) in [5.74, 6) is -0.578. The normalized spacial score (nSPS) is 20.4. The second kappa shape index (κ2) is 6.23. The van der Waals surface area contributed by atoms with Crippen molar-refractivity contribution in [2.75, 3.05) is 18.4 Å². The van der Waals surface area contributed by atoms with Crippen molar-refractivity contribution in [1.29, 1.82) is 0 Å². The molecule has 0 radical (unpaired) electrons. The van der Waals surface area contributed by atoms with E-state index in [9.17, 15) is 14.4 Å². The van der Waals surface area contributed by atoms with Crippen LogP contribution in [0.3, 0.4) is 0 Å². The third-order valence-corrected chi connectivity index (χ3v) is 5.42. The second-order valence-corrected chi connectivity index (χ2v) is 7.81. The average molecular weight is 363 g/mol. The van der Waals surface area contributed by atoms with E-state index < -0.39 is 11.8 Å². The second-order valence-electron chi connectivity index (χ2n) is 7.81. The number of fused-ring (bicyclic) bond motifs is 1. The lowest BCUT2D eigenvalue weighted by atomic mass is 9.78. The quantitative estimate of drug-likeness (QED) is 0.804. The number of urea groups is 1. The van der Waals surface area contributed by atoms with Gasteiger partial charge in [-0.05, 0) is 29.2 Å². The van der Waals surface area contributed by atoms with Crippen molar-refractivity contribution < 1.29 is 14.4 Å². The van der Waals surface area contributed by atoms with E-state index in [2.05, 4.69) is 36.6 Å². The molecule has 2 aromatic carbocycles. The number of amides is 4. The van der Waals surface area contributed by atoms with Crippen molar-refractivity contribution in [3.63, 3.8) is 0 Å². The highest BCUT2D eigenvalue weighted by molar-refractivity contribution is 6.22. The number of nitrogens with zero attached hydrogens (tertiary/aromatic N) is 1. The summed E-state index contributed by atoms with van der Waals surface area (Å²) in [6, 6.07) is 14.8. The zero-order valence-electron chi connectivity index (χ0n) is 15.3. The van der Waals surface area contributed by atoms with Gasteiger partial charge >= 0.3 is 6.03 Å². The largest absolute Gasteiger partial charge is 0.323 e. The molecule has 1 fully saturated rings. The molecule has 0 saturated carbocycles. The zero-order valence-corrected chi connectivity index (χ0v) is 15.3. The average Bonchev–Trinajstić information content (AvgIpc) is 3.11. The molecule has 1 atom stereocenters. The minimum Gasteiger partial charge on any atom is -0.323 e. The standard InChI is InChI=1S/C21H21N3O3/c1-21(2)12-24(11-17(21)13-6-4-3-5-7-13)20(27)22-14-8-9-15-16(10-14)19(26)23-18(15)25/h3-10,17H,11-12H2,1-2H3,(H,22,27)(H,23,25,26). The lowest BCUT2D eigenvalue weighted by Crippen LogP contribution is -2.34. The zero-order chi connectivity index (χ0) is 19.2. The maximum atomic E-state index is 12.8. The van der Waals surface area contributed by atoms with Gasteiger partial charge in [0.05, 0.1) is 11.1 Å². The van der Waals surface area contributed by atoms with Gasteiger partial charge in [0.25, 0.3) is 11.8 Å². The Bertz CT molecular complexity index is 937. The molecule has 0 bridgehead atoms. The van der Waals surface area contributed by atoms with E-state index in [1.807, 2.05) is 18.2 Å². The van der Waals surface area contributed by atoms with Crippen LogP contribution in [0.2, 0.25) is 0 Å². The van der Waals surface area contributed by atoms with Crippen LogP contribution in [0.15, 0.2) is 48.5 Å². The summed E-state index contributed by atoms with van der Waals surface area (Å²) in [5, 5.41) is 5.11. The molecule has 4 amide bonds. The maximum Gasteiger partial charge on any atom is 0.321 e. The van der Waals surface area contributed by atoms with Crippen LogP contribution in [-0.2, 0) is 0 Å². The van der Waals surface area contributed by atoms with E-state index in [1.54, 1.807) is 23.1 Å². The van der Waals surface area contributed by atoms with Gasteiger partial charge in [-0.3, -0.25) is 14.9 Å². The number of anilines is 1. The molecular weight excluding hydrogens is 342 g/mol. The fourth-order valence-electron chi connectivity index (χ4n) is 3.98. The van der Waals surface area contributed by atoms with Gasteiger partial charge in [-0.25, -0.2) is 4.79 Å². The number of carbonyl (C=O) groups excluding carboxylic acids is 3. The van der Waals surface area contributed by atoms with Crippen LogP contribution in [0.1, 0.15) is 46.0 Å². The molecule has 4 rings (SSSR count). The van der Waals surface area contributed by atoms with Crippen LogP contribution in [0.25, 0.3) is 0 Å². The lowest BCUT2D eigenvalue weighted by Gasteiger charge is -2.25. The monoisotopic (exact) mass is 363 g/mol. The van der Waals surface area contributed by atoms with Gasteiger partial charge in [-0.15, -0.1) is 0 Å². The van der Waals surface area contributed by atoms with E-state index in [1.165, 1.54) is 5.56 Å². The summed E-state index contributed by atoms with van der Waals surface area (Å²) in [6.45, 7) is 5.61. The summed E-state index contributed by atoms with van der Waals surface area (Å²) in [7, 11) is 0. The first-order chi connectivity index (χ1) is 12.8. The molecule has 2 aliphatic heterocycles. The van der Waals surface area contributed by atoms with Crippen LogP contribution in [0.4, 0.5) is 10.5 Å². The number of carbonyl (C=O) groups is 3. The first-order valence-electron chi connectivity index (χ1n) is 8.96. The molecule has 2 aromatic rings. The number of hydrogen-bond acceptors (Lipinski definition) is 3. The number of nitrogens with one attached hydrogen (secondary N) is 2. The first-order valence-corrected chi connectivity index (χ1v) is 8.96. The molecule has 0 spiro atoms. The van der Waals surface area contributed by atoms with Gasteiger partial charge in [-0.1, -0.05) is 44.2 Å². The summed E-state index contributed by atoms with van der Waals surface area (Å²) in [5.41, 5.74) is 2.32. The van der Waals surface area contributed by atoms with Crippen molar-refractivity contribution in [3.8, 4) is 0 Å². The molecule has 6 heteroatoms. The molecule has 1 unspecified atom stereocenters. The van der Waals surface area contributed by atoms with Crippen LogP contribution in [-0.4, -0.2) is 35.8 Å². The number of benzene rings is 2. The SMILES string of the molecule is CC1(C)CN(C(=O)Nc2ccc3c(c2)C(=O)NC3=O)CC1c1ccccc1. The highest BCUT2D eigenvalue weighted by atomic mass is 16.2. The van der Waals surface area contributed by atoms with Gasteiger partial charge in [0.15, 0.2) is 0 Å². The van der Waals surface area contributed by atoms with Gasteiger partial charge < -0.3 is 10.2 Å². The Balaban J connectivity index is 1.51. The molecular formula is C21H21N3O3. The molecule has 27 heavy (non-hydrogen) atoms. The van der Waals surface area contributed by atoms with Gasteiger partial charge in [0.1, 0.15) is 0 Å². The maximum absolute atomic E-state index is 12.8. The number of likely N-dealkylation sites (tertiary alicyclic amines) is 1. The Morgan fingerprint density at radius 2 is 1.78 bits per heavy atom. The molecule has 6 nitrogen and oxygen atoms in total. The first kappa shape index (κ1) is 17.3. The van der Waals surface area contributed by atoms with Gasteiger partial charge in [0.2, 0.25) is 0 Å². The van der Waals surface area contributed by atoms with Crippen LogP contribution < -0.4 is 10.6 Å². The minimum atomic E-state index is -0.433. The number of hydrogen-bond donors (Lipinski definition) is 2.